The van der Waals surface area contributed by atoms with Gasteiger partial charge in [-0.25, -0.2) is 9.78 Å². The maximum Gasteiger partial charge on any atom is 0.337 e. The van der Waals surface area contributed by atoms with Crippen molar-refractivity contribution in [1.29, 1.82) is 0 Å². The number of nitrogens with one attached hydrogen (secondary N) is 1. The fraction of sp³-hybridized carbons (Fsp3) is 0.250. The van der Waals surface area contributed by atoms with Gasteiger partial charge < -0.3 is 20.3 Å². The Labute approximate surface area is 197 Å². The zero-order valence-corrected chi connectivity index (χ0v) is 18.8. The number of pyridine rings is 1. The molecule has 0 spiro atoms. The van der Waals surface area contributed by atoms with Crippen molar-refractivity contribution in [2.75, 3.05) is 6.54 Å². The first-order valence-electron chi connectivity index (χ1n) is 10.1. The number of nitrogens with zero attached hydrogens (tertiary/aromatic N) is 1. The summed E-state index contributed by atoms with van der Waals surface area (Å²) in [6.07, 6.45) is 3.48. The van der Waals surface area contributed by atoms with Crippen LogP contribution in [0.4, 0.5) is 0 Å². The maximum atomic E-state index is 10.9. The lowest BCUT2D eigenvalue weighted by Crippen LogP contribution is -2.37. The molecule has 1 aromatic heterocycles. The summed E-state index contributed by atoms with van der Waals surface area (Å²) in [5.74, 6) is -0.00903. The van der Waals surface area contributed by atoms with E-state index in [1.807, 2.05) is 24.3 Å². The molecule has 0 fully saturated rings. The first kappa shape index (κ1) is 24.0. The smallest absolute Gasteiger partial charge is 0.337 e. The molecule has 3 aromatic rings. The standard InChI is InChI=1S/C24H23ClN2O4.ClH/c25-19-6-1-16(2-7-19)22(28)14-26-20-8-3-15-4-9-21(12-18(15)11-20)31-23-10-5-17(13-27-23)24(29)30;/h1-2,4-7,9-10,12-13,20,22,26,28H,3,8,11,14H2,(H,29,30);1H/t20-,22-;/m0./s1. The number of ether oxygens (including phenoxy) is 1. The fourth-order valence-corrected chi connectivity index (χ4v) is 3.87. The summed E-state index contributed by atoms with van der Waals surface area (Å²) >= 11 is 5.91. The molecule has 3 N–H and O–H groups in total. The molecule has 0 saturated carbocycles. The largest absolute Gasteiger partial charge is 0.478 e. The van der Waals surface area contributed by atoms with E-state index in [0.717, 1.165) is 24.8 Å². The molecule has 1 aliphatic carbocycles. The number of fused-ring (bicyclic) bond motifs is 1. The monoisotopic (exact) mass is 474 g/mol. The van der Waals surface area contributed by atoms with Gasteiger partial charge in [0.15, 0.2) is 0 Å². The highest BCUT2D eigenvalue weighted by molar-refractivity contribution is 6.30. The molecule has 0 bridgehead atoms. The Morgan fingerprint density at radius 3 is 2.62 bits per heavy atom. The Balaban J connectivity index is 0.00000289. The van der Waals surface area contributed by atoms with Gasteiger partial charge in [-0.1, -0.05) is 29.8 Å². The lowest BCUT2D eigenvalue weighted by molar-refractivity contribution is 0.0696. The molecule has 168 valence electrons. The summed E-state index contributed by atoms with van der Waals surface area (Å²) in [4.78, 5) is 15.0. The van der Waals surface area contributed by atoms with Crippen molar-refractivity contribution in [2.45, 2.75) is 31.4 Å². The number of aliphatic hydroxyl groups is 1. The van der Waals surface area contributed by atoms with Crippen molar-refractivity contribution < 1.29 is 19.7 Å². The van der Waals surface area contributed by atoms with E-state index in [-0.39, 0.29) is 24.0 Å². The maximum absolute atomic E-state index is 10.9. The van der Waals surface area contributed by atoms with Crippen LogP contribution in [0, 0.1) is 0 Å². The van der Waals surface area contributed by atoms with Crippen molar-refractivity contribution in [3.63, 3.8) is 0 Å². The molecule has 0 saturated heterocycles. The molecule has 0 radical (unpaired) electrons. The Morgan fingerprint density at radius 2 is 1.94 bits per heavy atom. The van der Waals surface area contributed by atoms with Gasteiger partial charge in [0.25, 0.3) is 0 Å². The van der Waals surface area contributed by atoms with E-state index < -0.39 is 12.1 Å². The van der Waals surface area contributed by atoms with Gasteiger partial charge in [-0.05, 0) is 66.3 Å². The van der Waals surface area contributed by atoms with Gasteiger partial charge in [-0.15, -0.1) is 12.4 Å². The van der Waals surface area contributed by atoms with Crippen LogP contribution in [0.3, 0.4) is 0 Å². The minimum Gasteiger partial charge on any atom is -0.478 e. The lowest BCUT2D eigenvalue weighted by Gasteiger charge is -2.27. The number of aromatic nitrogens is 1. The number of carboxylic acid groups (broad SMARTS) is 1. The second-order valence-corrected chi connectivity index (χ2v) is 8.07. The Bertz CT molecular complexity index is 1060. The Kier molecular flexibility index (Phi) is 8.10. The van der Waals surface area contributed by atoms with Crippen LogP contribution in [0.5, 0.6) is 11.6 Å². The minimum atomic E-state index is -1.02. The Morgan fingerprint density at radius 1 is 1.16 bits per heavy atom. The van der Waals surface area contributed by atoms with E-state index in [1.165, 1.54) is 23.4 Å². The van der Waals surface area contributed by atoms with E-state index in [2.05, 4.69) is 16.4 Å². The highest BCUT2D eigenvalue weighted by Crippen LogP contribution is 2.28. The predicted octanol–water partition coefficient (Wildman–Crippen LogP) is 4.83. The number of halogens is 2. The average molecular weight is 475 g/mol. The van der Waals surface area contributed by atoms with E-state index >= 15 is 0 Å². The van der Waals surface area contributed by atoms with Crippen molar-refractivity contribution in [3.05, 3.63) is 88.1 Å². The molecule has 1 heterocycles. The lowest BCUT2D eigenvalue weighted by atomic mass is 9.88. The third-order valence-electron chi connectivity index (χ3n) is 5.47. The first-order valence-corrected chi connectivity index (χ1v) is 10.5. The van der Waals surface area contributed by atoms with Crippen molar-refractivity contribution in [3.8, 4) is 11.6 Å². The quantitative estimate of drug-likeness (QED) is 0.454. The molecule has 4 rings (SSSR count). The van der Waals surface area contributed by atoms with E-state index in [1.54, 1.807) is 18.2 Å². The van der Waals surface area contributed by atoms with Crippen LogP contribution >= 0.6 is 24.0 Å². The van der Waals surface area contributed by atoms with Crippen LogP contribution in [-0.2, 0) is 12.8 Å². The molecule has 2 atom stereocenters. The van der Waals surface area contributed by atoms with Gasteiger partial charge in [0.2, 0.25) is 5.88 Å². The number of rotatable bonds is 7. The number of carbonyl (C=O) groups is 1. The molecule has 1 aliphatic rings. The van der Waals surface area contributed by atoms with Crippen molar-refractivity contribution in [2.24, 2.45) is 0 Å². The topological polar surface area (TPSA) is 91.7 Å². The molecular formula is C24H24Cl2N2O4. The number of aliphatic hydroxyl groups excluding tert-OH is 1. The van der Waals surface area contributed by atoms with Gasteiger partial charge in [0, 0.05) is 29.9 Å². The highest BCUT2D eigenvalue weighted by atomic mass is 35.5. The molecule has 0 unspecified atom stereocenters. The minimum absolute atomic E-state index is 0. The molecule has 6 nitrogen and oxygen atoms in total. The number of benzene rings is 2. The van der Waals surface area contributed by atoms with Gasteiger partial charge >= 0.3 is 5.97 Å². The summed E-state index contributed by atoms with van der Waals surface area (Å²) in [5.41, 5.74) is 3.44. The second kappa shape index (κ2) is 10.8. The summed E-state index contributed by atoms with van der Waals surface area (Å²) in [6.45, 7) is 0.470. The van der Waals surface area contributed by atoms with E-state index in [0.29, 0.717) is 23.2 Å². The van der Waals surface area contributed by atoms with Crippen molar-refractivity contribution in [1.82, 2.24) is 10.3 Å². The number of aryl methyl sites for hydroxylation is 1. The summed E-state index contributed by atoms with van der Waals surface area (Å²) in [5, 5.41) is 23.5. The molecule has 0 amide bonds. The van der Waals surface area contributed by atoms with E-state index in [4.69, 9.17) is 21.4 Å². The molecule has 8 heteroatoms. The summed E-state index contributed by atoms with van der Waals surface area (Å²) < 4.78 is 5.80. The van der Waals surface area contributed by atoms with Crippen LogP contribution in [0.1, 0.15) is 39.6 Å². The van der Waals surface area contributed by atoms with Crippen LogP contribution in [-0.4, -0.2) is 33.8 Å². The second-order valence-electron chi connectivity index (χ2n) is 7.64. The number of carboxylic acids is 1. The first-order chi connectivity index (χ1) is 15.0. The SMILES string of the molecule is Cl.O=C(O)c1ccc(Oc2ccc3c(c2)C[C@@H](NC[C@H](O)c2ccc(Cl)cc2)CC3)nc1. The third kappa shape index (κ3) is 5.99. The van der Waals surface area contributed by atoms with Gasteiger partial charge in [0.1, 0.15) is 5.75 Å². The summed E-state index contributed by atoms with van der Waals surface area (Å²) in [7, 11) is 0. The predicted molar refractivity (Wildman–Crippen MR) is 125 cm³/mol. The molecular weight excluding hydrogens is 451 g/mol. The normalized spacial score (nSPS) is 15.9. The van der Waals surface area contributed by atoms with Crippen molar-refractivity contribution >= 4 is 30.0 Å². The number of hydrogen-bond donors (Lipinski definition) is 3. The molecule has 32 heavy (non-hydrogen) atoms. The fourth-order valence-electron chi connectivity index (χ4n) is 3.74. The van der Waals surface area contributed by atoms with Crippen LogP contribution < -0.4 is 10.1 Å². The van der Waals surface area contributed by atoms with Gasteiger partial charge in [-0.2, -0.15) is 0 Å². The van der Waals surface area contributed by atoms with Crippen LogP contribution in [0.2, 0.25) is 5.02 Å². The number of aromatic carboxylic acids is 1. The van der Waals surface area contributed by atoms with Gasteiger partial charge in [0.05, 0.1) is 11.7 Å². The van der Waals surface area contributed by atoms with Crippen LogP contribution in [0.15, 0.2) is 60.8 Å². The van der Waals surface area contributed by atoms with Gasteiger partial charge in [-0.3, -0.25) is 0 Å². The zero-order valence-electron chi connectivity index (χ0n) is 17.2. The van der Waals surface area contributed by atoms with Crippen LogP contribution in [0.25, 0.3) is 0 Å². The van der Waals surface area contributed by atoms with E-state index in [9.17, 15) is 9.90 Å². The third-order valence-corrected chi connectivity index (χ3v) is 5.72. The zero-order chi connectivity index (χ0) is 21.8. The highest BCUT2D eigenvalue weighted by Gasteiger charge is 2.20. The Hall–Kier alpha value is -2.64. The number of hydrogen-bond acceptors (Lipinski definition) is 5. The summed E-state index contributed by atoms with van der Waals surface area (Å²) in [6, 6.07) is 16.5. The molecule has 2 aromatic carbocycles. The molecule has 0 aliphatic heterocycles. The average Bonchev–Trinajstić information content (AvgIpc) is 2.78.